The van der Waals surface area contributed by atoms with Crippen LogP contribution in [0.3, 0.4) is 0 Å². The lowest BCUT2D eigenvalue weighted by Crippen LogP contribution is -2.46. The molecule has 1 saturated heterocycles. The Morgan fingerprint density at radius 1 is 0.884 bits per heavy atom. The second-order valence-electron chi connectivity index (χ2n) is 11.1. The summed E-state index contributed by atoms with van der Waals surface area (Å²) in [6.07, 6.45) is 5.81. The number of aromatic amines is 1. The number of rotatable bonds is 16. The zero-order chi connectivity index (χ0) is 29.7. The second-order valence-corrected chi connectivity index (χ2v) is 11.1. The summed E-state index contributed by atoms with van der Waals surface area (Å²) in [4.78, 5) is 28.4. The molecule has 0 aliphatic carbocycles. The molecule has 1 aliphatic heterocycles. The standard InChI is InChI=1S/C33H43N7O3/c41-31(38-42)10-6-1-2-7-20-43-21-19-39-15-17-40(18-16-39)24-27-11-13-28(14-12-27)30-22-29-32(35-25-36-33(29)37-30)34-23-26-8-4-3-5-9-26/h3-5,8-9,11-14,22,25,42H,1-2,6-7,10,15-21,23-24H2,(H,38,41)(H2,34,35,36,37). The predicted molar refractivity (Wildman–Crippen MR) is 169 cm³/mol. The number of hydroxylamine groups is 1. The first-order valence-electron chi connectivity index (χ1n) is 15.3. The fourth-order valence-electron chi connectivity index (χ4n) is 5.43. The van der Waals surface area contributed by atoms with Gasteiger partial charge in [-0.05, 0) is 35.6 Å². The Labute approximate surface area is 253 Å². The van der Waals surface area contributed by atoms with E-state index in [1.165, 1.54) is 11.1 Å². The molecule has 228 valence electrons. The lowest BCUT2D eigenvalue weighted by molar-refractivity contribution is -0.129. The Hall–Kier alpha value is -3.83. The van der Waals surface area contributed by atoms with E-state index in [0.717, 1.165) is 106 Å². The van der Waals surface area contributed by atoms with E-state index >= 15 is 0 Å². The summed E-state index contributed by atoms with van der Waals surface area (Å²) in [6, 6.07) is 21.3. The summed E-state index contributed by atoms with van der Waals surface area (Å²) in [7, 11) is 0. The molecule has 1 amide bonds. The highest BCUT2D eigenvalue weighted by molar-refractivity contribution is 5.91. The van der Waals surface area contributed by atoms with Gasteiger partial charge in [-0.25, -0.2) is 15.4 Å². The molecule has 4 aromatic rings. The molecule has 10 nitrogen and oxygen atoms in total. The fourth-order valence-corrected chi connectivity index (χ4v) is 5.43. The number of aromatic nitrogens is 3. The van der Waals surface area contributed by atoms with Crippen LogP contribution in [0, 0.1) is 0 Å². The van der Waals surface area contributed by atoms with Gasteiger partial charge in [0.2, 0.25) is 5.91 Å². The summed E-state index contributed by atoms with van der Waals surface area (Å²) in [5.41, 5.74) is 7.20. The van der Waals surface area contributed by atoms with E-state index in [1.54, 1.807) is 11.8 Å². The molecule has 0 unspecified atom stereocenters. The van der Waals surface area contributed by atoms with Gasteiger partial charge < -0.3 is 15.0 Å². The molecule has 1 fully saturated rings. The Kier molecular flexibility index (Phi) is 11.5. The number of anilines is 1. The number of nitrogens with one attached hydrogen (secondary N) is 3. The molecule has 43 heavy (non-hydrogen) atoms. The Balaban J connectivity index is 1.01. The van der Waals surface area contributed by atoms with Gasteiger partial charge in [0.05, 0.1) is 12.0 Å². The van der Waals surface area contributed by atoms with Crippen LogP contribution in [0.2, 0.25) is 0 Å². The topological polar surface area (TPSA) is 119 Å². The summed E-state index contributed by atoms with van der Waals surface area (Å²) in [6.45, 7) is 8.40. The molecule has 2 aromatic carbocycles. The van der Waals surface area contributed by atoms with Gasteiger partial charge in [0.15, 0.2) is 0 Å². The monoisotopic (exact) mass is 585 g/mol. The van der Waals surface area contributed by atoms with Gasteiger partial charge in [-0.1, -0.05) is 67.4 Å². The zero-order valence-corrected chi connectivity index (χ0v) is 24.8. The van der Waals surface area contributed by atoms with Crippen LogP contribution < -0.4 is 10.8 Å². The van der Waals surface area contributed by atoms with Crippen LogP contribution in [0.5, 0.6) is 0 Å². The van der Waals surface area contributed by atoms with Gasteiger partial charge in [0.25, 0.3) is 0 Å². The maximum absolute atomic E-state index is 11.0. The number of piperazine rings is 1. The van der Waals surface area contributed by atoms with E-state index in [2.05, 4.69) is 72.5 Å². The summed E-state index contributed by atoms with van der Waals surface area (Å²) in [5, 5.41) is 12.9. The van der Waals surface area contributed by atoms with Crippen molar-refractivity contribution in [1.29, 1.82) is 0 Å². The van der Waals surface area contributed by atoms with Gasteiger partial charge in [0, 0.05) is 64.5 Å². The minimum Gasteiger partial charge on any atom is -0.380 e. The molecule has 0 bridgehead atoms. The largest absolute Gasteiger partial charge is 0.380 e. The van der Waals surface area contributed by atoms with Crippen LogP contribution in [0.4, 0.5) is 5.82 Å². The molecule has 2 aromatic heterocycles. The molecule has 5 rings (SSSR count). The highest BCUT2D eigenvalue weighted by Gasteiger charge is 2.17. The van der Waals surface area contributed by atoms with Gasteiger partial charge in [-0.2, -0.15) is 0 Å². The third kappa shape index (κ3) is 9.33. The Morgan fingerprint density at radius 2 is 1.65 bits per heavy atom. The number of hydrogen-bond acceptors (Lipinski definition) is 8. The molecule has 0 saturated carbocycles. The fraction of sp³-hybridized carbons (Fsp3) is 0.424. The molecule has 0 spiro atoms. The van der Waals surface area contributed by atoms with Crippen molar-refractivity contribution >= 4 is 22.8 Å². The van der Waals surface area contributed by atoms with Gasteiger partial charge in [-0.3, -0.25) is 19.8 Å². The minimum atomic E-state index is -0.311. The lowest BCUT2D eigenvalue weighted by Gasteiger charge is -2.34. The number of H-pyrrole nitrogens is 1. The first kappa shape index (κ1) is 30.6. The third-order valence-electron chi connectivity index (χ3n) is 7.98. The molecular weight excluding hydrogens is 542 g/mol. The average Bonchev–Trinajstić information content (AvgIpc) is 3.49. The smallest absolute Gasteiger partial charge is 0.243 e. The van der Waals surface area contributed by atoms with Crippen LogP contribution in [0.25, 0.3) is 22.3 Å². The first-order valence-corrected chi connectivity index (χ1v) is 15.3. The van der Waals surface area contributed by atoms with Crippen molar-refractivity contribution in [2.75, 3.05) is 51.3 Å². The van der Waals surface area contributed by atoms with Crippen LogP contribution in [-0.4, -0.2) is 81.8 Å². The van der Waals surface area contributed by atoms with Crippen molar-refractivity contribution in [1.82, 2.24) is 30.2 Å². The van der Waals surface area contributed by atoms with Crippen LogP contribution in [-0.2, 0) is 22.6 Å². The maximum atomic E-state index is 11.0. The Morgan fingerprint density at radius 3 is 2.44 bits per heavy atom. The number of nitrogens with zero attached hydrogens (tertiary/aromatic N) is 4. The molecule has 10 heteroatoms. The van der Waals surface area contributed by atoms with E-state index in [-0.39, 0.29) is 5.91 Å². The number of hydrogen-bond donors (Lipinski definition) is 4. The van der Waals surface area contributed by atoms with Gasteiger partial charge in [0.1, 0.15) is 17.8 Å². The van der Waals surface area contributed by atoms with Crippen molar-refractivity contribution in [3.05, 3.63) is 78.1 Å². The van der Waals surface area contributed by atoms with Gasteiger partial charge >= 0.3 is 0 Å². The zero-order valence-electron chi connectivity index (χ0n) is 24.8. The predicted octanol–water partition coefficient (Wildman–Crippen LogP) is 4.83. The first-order chi connectivity index (χ1) is 21.2. The van der Waals surface area contributed by atoms with Crippen molar-refractivity contribution in [2.24, 2.45) is 0 Å². The lowest BCUT2D eigenvalue weighted by atomic mass is 10.1. The van der Waals surface area contributed by atoms with Crippen LogP contribution >= 0.6 is 0 Å². The van der Waals surface area contributed by atoms with Crippen molar-refractivity contribution < 1.29 is 14.7 Å². The minimum absolute atomic E-state index is 0.311. The number of carbonyl (C=O) groups excluding carboxylic acids is 1. The van der Waals surface area contributed by atoms with Crippen molar-refractivity contribution in [3.8, 4) is 11.3 Å². The van der Waals surface area contributed by atoms with E-state index in [0.29, 0.717) is 13.0 Å². The molecule has 0 radical (unpaired) electrons. The molecule has 3 heterocycles. The number of fused-ring (bicyclic) bond motifs is 1. The number of unbranched alkanes of at least 4 members (excludes halogenated alkanes) is 3. The SMILES string of the molecule is O=C(CCCCCCOCCN1CCN(Cc2ccc(-c3cc4c(NCc5ccccc5)ncnc4[nH]3)cc2)CC1)NO. The summed E-state index contributed by atoms with van der Waals surface area (Å²) >= 11 is 0. The van der Waals surface area contributed by atoms with Crippen molar-refractivity contribution in [3.63, 3.8) is 0 Å². The van der Waals surface area contributed by atoms with Crippen LogP contribution in [0.1, 0.15) is 43.2 Å². The van der Waals surface area contributed by atoms with Gasteiger partial charge in [-0.15, -0.1) is 0 Å². The van der Waals surface area contributed by atoms with Crippen molar-refractivity contribution in [2.45, 2.75) is 45.2 Å². The highest BCUT2D eigenvalue weighted by Crippen LogP contribution is 2.27. The van der Waals surface area contributed by atoms with Crippen LogP contribution in [0.15, 0.2) is 67.0 Å². The summed E-state index contributed by atoms with van der Waals surface area (Å²) < 4.78 is 5.82. The Bertz CT molecular complexity index is 1400. The van der Waals surface area contributed by atoms with E-state index in [9.17, 15) is 4.79 Å². The number of amides is 1. The molecular formula is C33H43N7O3. The number of benzene rings is 2. The second kappa shape index (κ2) is 16.1. The maximum Gasteiger partial charge on any atom is 0.243 e. The normalized spacial score (nSPS) is 14.3. The number of carbonyl (C=O) groups is 1. The third-order valence-corrected chi connectivity index (χ3v) is 7.98. The highest BCUT2D eigenvalue weighted by atomic mass is 16.5. The quantitative estimate of drug-likeness (QED) is 0.0839. The number of ether oxygens (including phenoxy) is 1. The molecule has 1 aliphatic rings. The molecule has 4 N–H and O–H groups in total. The van der Waals surface area contributed by atoms with E-state index in [1.807, 2.05) is 18.2 Å². The molecule has 0 atom stereocenters. The average molecular weight is 586 g/mol. The van der Waals surface area contributed by atoms with E-state index < -0.39 is 0 Å². The van der Waals surface area contributed by atoms with E-state index in [4.69, 9.17) is 9.94 Å². The summed E-state index contributed by atoms with van der Waals surface area (Å²) in [5.74, 6) is 0.520.